The van der Waals surface area contributed by atoms with Crippen LogP contribution >= 0.6 is 34.1 Å². The first-order valence-electron chi connectivity index (χ1n) is 4.73. The Balaban J connectivity index is 2.13. The van der Waals surface area contributed by atoms with Gasteiger partial charge in [-0.2, -0.15) is 4.37 Å². The van der Waals surface area contributed by atoms with Gasteiger partial charge in [0.25, 0.3) is 0 Å². The van der Waals surface area contributed by atoms with Crippen molar-refractivity contribution in [1.29, 1.82) is 0 Å². The highest BCUT2D eigenvalue weighted by Gasteiger charge is 2.18. The van der Waals surface area contributed by atoms with Crippen LogP contribution in [0.4, 0.5) is 0 Å². The van der Waals surface area contributed by atoms with Crippen LogP contribution in [0.15, 0.2) is 18.2 Å². The molecule has 0 fully saturated rings. The average molecular weight is 346 g/mol. The number of benzene rings is 1. The van der Waals surface area contributed by atoms with E-state index in [1.807, 2.05) is 18.2 Å². The number of ether oxygens (including phenoxy) is 2. The van der Waals surface area contributed by atoms with Crippen LogP contribution in [-0.2, 0) is 0 Å². The third-order valence-electron chi connectivity index (χ3n) is 2.20. The van der Waals surface area contributed by atoms with E-state index in [1.54, 1.807) is 0 Å². The molecule has 0 bridgehead atoms. The van der Waals surface area contributed by atoms with Gasteiger partial charge in [-0.3, -0.25) is 0 Å². The second-order valence-corrected chi connectivity index (χ2v) is 4.92. The van der Waals surface area contributed by atoms with Crippen LogP contribution in [0.25, 0.3) is 10.6 Å². The third-order valence-corrected chi connectivity index (χ3v) is 3.76. The molecular formula is C10H7IN2O2S. The molecule has 1 aliphatic rings. The SMILES string of the molecule is Ic1nsc(-c2cccc3c2OCCO3)n1. The maximum absolute atomic E-state index is 5.63. The van der Waals surface area contributed by atoms with E-state index < -0.39 is 0 Å². The quantitative estimate of drug-likeness (QED) is 0.745. The highest BCUT2D eigenvalue weighted by molar-refractivity contribution is 14.1. The summed E-state index contributed by atoms with van der Waals surface area (Å²) < 4.78 is 16.1. The Morgan fingerprint density at radius 3 is 2.94 bits per heavy atom. The zero-order valence-corrected chi connectivity index (χ0v) is 11.1. The number of fused-ring (bicyclic) bond motifs is 1. The second-order valence-electron chi connectivity index (χ2n) is 3.20. The fourth-order valence-electron chi connectivity index (χ4n) is 1.56. The van der Waals surface area contributed by atoms with Gasteiger partial charge in [0.15, 0.2) is 11.5 Å². The summed E-state index contributed by atoms with van der Waals surface area (Å²) in [5.74, 6) is 1.57. The van der Waals surface area contributed by atoms with Gasteiger partial charge in [0.05, 0.1) is 5.56 Å². The molecule has 4 nitrogen and oxygen atoms in total. The predicted octanol–water partition coefficient (Wildman–Crippen LogP) is 2.58. The number of para-hydroxylation sites is 1. The van der Waals surface area contributed by atoms with Gasteiger partial charge >= 0.3 is 0 Å². The molecule has 6 heteroatoms. The molecule has 0 aliphatic carbocycles. The number of hydrogen-bond acceptors (Lipinski definition) is 5. The lowest BCUT2D eigenvalue weighted by Gasteiger charge is -2.19. The fourth-order valence-corrected chi connectivity index (χ4v) is 2.85. The maximum atomic E-state index is 5.63. The summed E-state index contributed by atoms with van der Waals surface area (Å²) >= 11 is 3.47. The van der Waals surface area contributed by atoms with E-state index in [0.29, 0.717) is 13.2 Å². The largest absolute Gasteiger partial charge is 0.486 e. The Labute approximate surface area is 110 Å². The van der Waals surface area contributed by atoms with Crippen molar-refractivity contribution in [2.45, 2.75) is 0 Å². The summed E-state index contributed by atoms with van der Waals surface area (Å²) in [6, 6.07) is 5.82. The van der Waals surface area contributed by atoms with Gasteiger partial charge in [-0.1, -0.05) is 6.07 Å². The standard InChI is InChI=1S/C10H7IN2O2S/c11-10-12-9(16-13-10)6-2-1-3-7-8(6)15-5-4-14-7/h1-3H,4-5H2. The average Bonchev–Trinajstić information content (AvgIpc) is 2.75. The topological polar surface area (TPSA) is 44.2 Å². The van der Waals surface area contributed by atoms with Crippen molar-refractivity contribution in [2.75, 3.05) is 13.2 Å². The molecule has 0 amide bonds. The highest BCUT2D eigenvalue weighted by Crippen LogP contribution is 2.40. The van der Waals surface area contributed by atoms with Crippen molar-refractivity contribution in [3.8, 4) is 22.1 Å². The molecule has 1 aliphatic heterocycles. The molecule has 0 unspecified atom stereocenters. The van der Waals surface area contributed by atoms with Crippen LogP contribution < -0.4 is 9.47 Å². The molecule has 0 spiro atoms. The summed E-state index contributed by atoms with van der Waals surface area (Å²) in [6.07, 6.45) is 0. The minimum absolute atomic E-state index is 0.583. The lowest BCUT2D eigenvalue weighted by Crippen LogP contribution is -2.15. The Hall–Kier alpha value is -0.890. The van der Waals surface area contributed by atoms with E-state index in [9.17, 15) is 0 Å². The number of nitrogens with zero attached hydrogens (tertiary/aromatic N) is 2. The Kier molecular flexibility index (Phi) is 2.68. The van der Waals surface area contributed by atoms with Gasteiger partial charge in [-0.25, -0.2) is 4.98 Å². The van der Waals surface area contributed by atoms with Gasteiger partial charge < -0.3 is 9.47 Å². The highest BCUT2D eigenvalue weighted by atomic mass is 127. The Bertz CT molecular complexity index is 529. The lowest BCUT2D eigenvalue weighted by molar-refractivity contribution is 0.172. The van der Waals surface area contributed by atoms with E-state index >= 15 is 0 Å². The molecule has 0 saturated carbocycles. The summed E-state index contributed by atoms with van der Waals surface area (Å²) in [4.78, 5) is 4.35. The smallest absolute Gasteiger partial charge is 0.203 e. The minimum atomic E-state index is 0.583. The molecule has 0 saturated heterocycles. The monoisotopic (exact) mass is 346 g/mol. The molecular weight excluding hydrogens is 339 g/mol. The molecule has 1 aromatic carbocycles. The summed E-state index contributed by atoms with van der Waals surface area (Å²) in [5.41, 5.74) is 0.956. The van der Waals surface area contributed by atoms with Crippen LogP contribution in [0.1, 0.15) is 0 Å². The van der Waals surface area contributed by atoms with Gasteiger partial charge in [0.2, 0.25) is 3.83 Å². The van der Waals surface area contributed by atoms with Gasteiger partial charge in [0, 0.05) is 22.6 Å². The van der Waals surface area contributed by atoms with Crippen molar-refractivity contribution in [3.05, 3.63) is 22.0 Å². The fraction of sp³-hybridized carbons (Fsp3) is 0.200. The van der Waals surface area contributed by atoms with Crippen LogP contribution in [0.5, 0.6) is 11.5 Å². The zero-order valence-electron chi connectivity index (χ0n) is 8.14. The van der Waals surface area contributed by atoms with Crippen molar-refractivity contribution in [1.82, 2.24) is 9.36 Å². The summed E-state index contributed by atoms with van der Waals surface area (Å²) in [7, 11) is 0. The maximum Gasteiger partial charge on any atom is 0.203 e. The molecule has 82 valence electrons. The third kappa shape index (κ3) is 1.75. The molecule has 2 heterocycles. The van der Waals surface area contributed by atoms with Crippen molar-refractivity contribution < 1.29 is 9.47 Å². The second kappa shape index (κ2) is 4.17. The van der Waals surface area contributed by atoms with Gasteiger partial charge in [0.1, 0.15) is 18.2 Å². The summed E-state index contributed by atoms with van der Waals surface area (Å²) in [6.45, 7) is 1.18. The molecule has 1 aromatic heterocycles. The van der Waals surface area contributed by atoms with Gasteiger partial charge in [-0.15, -0.1) is 0 Å². The molecule has 3 rings (SSSR count). The number of halogens is 1. The van der Waals surface area contributed by atoms with Crippen LogP contribution in [-0.4, -0.2) is 22.6 Å². The van der Waals surface area contributed by atoms with Crippen LogP contribution in [0, 0.1) is 3.83 Å². The van der Waals surface area contributed by atoms with E-state index in [0.717, 1.165) is 25.9 Å². The van der Waals surface area contributed by atoms with Crippen molar-refractivity contribution in [2.24, 2.45) is 0 Å². The normalized spacial score (nSPS) is 13.8. The number of rotatable bonds is 1. The lowest BCUT2D eigenvalue weighted by atomic mass is 10.2. The molecule has 0 atom stereocenters. The first kappa shape index (κ1) is 10.3. The Morgan fingerprint density at radius 2 is 2.12 bits per heavy atom. The minimum Gasteiger partial charge on any atom is -0.486 e. The zero-order chi connectivity index (χ0) is 11.0. The van der Waals surface area contributed by atoms with Crippen molar-refractivity contribution in [3.63, 3.8) is 0 Å². The molecule has 16 heavy (non-hydrogen) atoms. The predicted molar refractivity (Wildman–Crippen MR) is 69.1 cm³/mol. The van der Waals surface area contributed by atoms with E-state index in [1.165, 1.54) is 11.5 Å². The first-order chi connectivity index (χ1) is 7.84. The van der Waals surface area contributed by atoms with E-state index in [-0.39, 0.29) is 0 Å². The number of aromatic nitrogens is 2. The molecule has 2 aromatic rings. The van der Waals surface area contributed by atoms with E-state index in [2.05, 4.69) is 31.9 Å². The Morgan fingerprint density at radius 1 is 1.25 bits per heavy atom. The van der Waals surface area contributed by atoms with E-state index in [4.69, 9.17) is 9.47 Å². The van der Waals surface area contributed by atoms with Crippen LogP contribution in [0.3, 0.4) is 0 Å². The first-order valence-corrected chi connectivity index (χ1v) is 6.58. The van der Waals surface area contributed by atoms with Gasteiger partial charge in [-0.05, 0) is 23.7 Å². The number of hydrogen-bond donors (Lipinski definition) is 0. The molecule has 0 radical (unpaired) electrons. The summed E-state index contributed by atoms with van der Waals surface area (Å²) in [5, 5.41) is 0.867. The van der Waals surface area contributed by atoms with Crippen molar-refractivity contribution >= 4 is 34.1 Å². The van der Waals surface area contributed by atoms with Crippen LogP contribution in [0.2, 0.25) is 0 Å². The molecule has 0 N–H and O–H groups in total.